The number of nitrogens with zero attached hydrogens (tertiary/aromatic N) is 2. The summed E-state index contributed by atoms with van der Waals surface area (Å²) in [6, 6.07) is 1.97. The van der Waals surface area contributed by atoms with Crippen LogP contribution in [0.1, 0.15) is 12.6 Å². The molecule has 0 aliphatic heterocycles. The van der Waals surface area contributed by atoms with E-state index in [9.17, 15) is 4.79 Å². The average Bonchev–Trinajstić information content (AvgIpc) is 2.39. The molecule has 0 atom stereocenters. The van der Waals surface area contributed by atoms with E-state index < -0.39 is 0 Å². The van der Waals surface area contributed by atoms with E-state index in [0.717, 1.165) is 11.5 Å². The van der Waals surface area contributed by atoms with Crippen molar-refractivity contribution in [1.82, 2.24) is 15.1 Å². The normalized spacial score (nSPS) is 9.93. The molecule has 1 rings (SSSR count). The summed E-state index contributed by atoms with van der Waals surface area (Å²) in [6.45, 7) is 4.78. The molecule has 14 heavy (non-hydrogen) atoms. The highest BCUT2D eigenvalue weighted by Gasteiger charge is 1.99. The SMILES string of the molecule is CC(=O)NCCNc1cc(C)nn1C. The van der Waals surface area contributed by atoms with Gasteiger partial charge in [0.15, 0.2) is 0 Å². The number of rotatable bonds is 4. The molecule has 1 aromatic heterocycles. The molecule has 0 saturated carbocycles. The molecule has 5 heteroatoms. The van der Waals surface area contributed by atoms with E-state index in [1.54, 1.807) is 4.68 Å². The summed E-state index contributed by atoms with van der Waals surface area (Å²) < 4.78 is 1.78. The van der Waals surface area contributed by atoms with Crippen LogP contribution in [0.2, 0.25) is 0 Å². The maximum absolute atomic E-state index is 10.6. The Morgan fingerprint density at radius 3 is 2.79 bits per heavy atom. The van der Waals surface area contributed by atoms with E-state index >= 15 is 0 Å². The van der Waals surface area contributed by atoms with Crippen molar-refractivity contribution >= 4 is 11.7 Å². The number of aromatic nitrogens is 2. The highest BCUT2D eigenvalue weighted by Crippen LogP contribution is 2.06. The predicted molar refractivity (Wildman–Crippen MR) is 55.1 cm³/mol. The predicted octanol–water partition coefficient (Wildman–Crippen LogP) is 0.277. The molecule has 2 N–H and O–H groups in total. The molecule has 0 saturated heterocycles. The topological polar surface area (TPSA) is 59.0 Å². The Labute approximate surface area is 83.5 Å². The second-order valence-corrected chi connectivity index (χ2v) is 3.20. The van der Waals surface area contributed by atoms with Gasteiger partial charge in [0.05, 0.1) is 5.69 Å². The summed E-state index contributed by atoms with van der Waals surface area (Å²) in [7, 11) is 1.88. The molecular formula is C9H16N4O. The maximum Gasteiger partial charge on any atom is 0.216 e. The van der Waals surface area contributed by atoms with Crippen LogP contribution >= 0.6 is 0 Å². The van der Waals surface area contributed by atoms with Crippen molar-refractivity contribution in [3.05, 3.63) is 11.8 Å². The number of anilines is 1. The van der Waals surface area contributed by atoms with Crippen molar-refractivity contribution in [3.8, 4) is 0 Å². The van der Waals surface area contributed by atoms with Gasteiger partial charge in [-0.1, -0.05) is 0 Å². The Balaban J connectivity index is 2.31. The van der Waals surface area contributed by atoms with Gasteiger partial charge in [-0.05, 0) is 6.92 Å². The quantitative estimate of drug-likeness (QED) is 0.680. The third-order valence-electron chi connectivity index (χ3n) is 1.81. The van der Waals surface area contributed by atoms with Crippen LogP contribution < -0.4 is 10.6 Å². The van der Waals surface area contributed by atoms with E-state index in [0.29, 0.717) is 13.1 Å². The molecule has 0 bridgehead atoms. The molecule has 0 aliphatic carbocycles. The van der Waals surface area contributed by atoms with Crippen LogP contribution in [0, 0.1) is 6.92 Å². The molecule has 5 nitrogen and oxygen atoms in total. The van der Waals surface area contributed by atoms with Crippen molar-refractivity contribution in [2.45, 2.75) is 13.8 Å². The summed E-state index contributed by atoms with van der Waals surface area (Å²) in [6.07, 6.45) is 0. The smallest absolute Gasteiger partial charge is 0.216 e. The first kappa shape index (κ1) is 10.6. The monoisotopic (exact) mass is 196 g/mol. The van der Waals surface area contributed by atoms with Crippen LogP contribution in [0.4, 0.5) is 5.82 Å². The number of carbonyl (C=O) groups is 1. The van der Waals surface area contributed by atoms with Crippen molar-refractivity contribution in [3.63, 3.8) is 0 Å². The minimum absolute atomic E-state index is 0.00649. The van der Waals surface area contributed by atoms with Crippen LogP contribution in [-0.4, -0.2) is 28.8 Å². The van der Waals surface area contributed by atoms with Crippen molar-refractivity contribution in [1.29, 1.82) is 0 Å². The van der Waals surface area contributed by atoms with E-state index in [-0.39, 0.29) is 5.91 Å². The van der Waals surface area contributed by atoms with Gasteiger partial charge in [-0.2, -0.15) is 5.10 Å². The number of nitrogens with one attached hydrogen (secondary N) is 2. The molecule has 0 spiro atoms. The molecule has 1 amide bonds. The third kappa shape index (κ3) is 3.08. The summed E-state index contributed by atoms with van der Waals surface area (Å²) in [4.78, 5) is 10.6. The second kappa shape index (κ2) is 4.64. The first-order chi connectivity index (χ1) is 6.59. The molecular weight excluding hydrogens is 180 g/mol. The minimum Gasteiger partial charge on any atom is -0.369 e. The lowest BCUT2D eigenvalue weighted by atomic mass is 10.4. The van der Waals surface area contributed by atoms with Gasteiger partial charge in [0.1, 0.15) is 5.82 Å². The van der Waals surface area contributed by atoms with Crippen molar-refractivity contribution < 1.29 is 4.79 Å². The Morgan fingerprint density at radius 1 is 1.57 bits per heavy atom. The van der Waals surface area contributed by atoms with E-state index in [1.165, 1.54) is 6.92 Å². The highest BCUT2D eigenvalue weighted by molar-refractivity contribution is 5.72. The minimum atomic E-state index is -0.00649. The first-order valence-corrected chi connectivity index (χ1v) is 4.58. The summed E-state index contributed by atoms with van der Waals surface area (Å²) in [5.41, 5.74) is 0.981. The van der Waals surface area contributed by atoms with Gasteiger partial charge in [0.25, 0.3) is 0 Å². The lowest BCUT2D eigenvalue weighted by Crippen LogP contribution is -2.26. The lowest BCUT2D eigenvalue weighted by molar-refractivity contribution is -0.118. The van der Waals surface area contributed by atoms with Crippen molar-refractivity contribution in [2.24, 2.45) is 7.05 Å². The fourth-order valence-electron chi connectivity index (χ4n) is 1.21. The van der Waals surface area contributed by atoms with E-state index in [2.05, 4.69) is 15.7 Å². The van der Waals surface area contributed by atoms with Crippen LogP contribution in [0.5, 0.6) is 0 Å². The van der Waals surface area contributed by atoms with Crippen molar-refractivity contribution in [2.75, 3.05) is 18.4 Å². The zero-order valence-electron chi connectivity index (χ0n) is 8.79. The molecule has 0 unspecified atom stereocenters. The number of hydrogen-bond acceptors (Lipinski definition) is 3. The zero-order chi connectivity index (χ0) is 10.6. The first-order valence-electron chi connectivity index (χ1n) is 4.58. The Kier molecular flexibility index (Phi) is 3.50. The zero-order valence-corrected chi connectivity index (χ0v) is 8.79. The fraction of sp³-hybridized carbons (Fsp3) is 0.556. The molecule has 1 heterocycles. The standard InChI is InChI=1S/C9H16N4O/c1-7-6-9(13(3)12-7)11-5-4-10-8(2)14/h6,11H,4-5H2,1-3H3,(H,10,14). The fourth-order valence-corrected chi connectivity index (χ4v) is 1.21. The Morgan fingerprint density at radius 2 is 2.29 bits per heavy atom. The van der Waals surface area contributed by atoms with Gasteiger partial charge >= 0.3 is 0 Å². The van der Waals surface area contributed by atoms with Crippen LogP contribution in [-0.2, 0) is 11.8 Å². The third-order valence-corrected chi connectivity index (χ3v) is 1.81. The van der Waals surface area contributed by atoms with Gasteiger partial charge in [-0.3, -0.25) is 9.48 Å². The lowest BCUT2D eigenvalue weighted by Gasteiger charge is -2.06. The molecule has 78 valence electrons. The highest BCUT2D eigenvalue weighted by atomic mass is 16.1. The second-order valence-electron chi connectivity index (χ2n) is 3.20. The summed E-state index contributed by atoms with van der Waals surface area (Å²) >= 11 is 0. The molecule has 0 fully saturated rings. The van der Waals surface area contributed by atoms with Crippen LogP contribution in [0.25, 0.3) is 0 Å². The Bertz CT molecular complexity index is 319. The summed E-state index contributed by atoms with van der Waals surface area (Å²) in [5, 5.41) is 10.1. The summed E-state index contributed by atoms with van der Waals surface area (Å²) in [5.74, 6) is 0.959. The number of hydrogen-bond donors (Lipinski definition) is 2. The van der Waals surface area contributed by atoms with Gasteiger partial charge in [-0.25, -0.2) is 0 Å². The largest absolute Gasteiger partial charge is 0.369 e. The molecule has 0 aliphatic rings. The molecule has 0 radical (unpaired) electrons. The van der Waals surface area contributed by atoms with Gasteiger partial charge < -0.3 is 10.6 Å². The average molecular weight is 196 g/mol. The van der Waals surface area contributed by atoms with Crippen LogP contribution in [0.15, 0.2) is 6.07 Å². The van der Waals surface area contributed by atoms with Gasteiger partial charge in [-0.15, -0.1) is 0 Å². The Hall–Kier alpha value is -1.52. The molecule has 0 aromatic carbocycles. The van der Waals surface area contributed by atoms with E-state index in [1.807, 2.05) is 20.0 Å². The van der Waals surface area contributed by atoms with Gasteiger partial charge in [0, 0.05) is 33.1 Å². The number of aryl methyl sites for hydroxylation is 2. The number of carbonyl (C=O) groups excluding carboxylic acids is 1. The maximum atomic E-state index is 10.6. The molecule has 1 aromatic rings. The van der Waals surface area contributed by atoms with Crippen LogP contribution in [0.3, 0.4) is 0 Å². The number of amides is 1. The van der Waals surface area contributed by atoms with E-state index in [4.69, 9.17) is 0 Å². The van der Waals surface area contributed by atoms with Gasteiger partial charge in [0.2, 0.25) is 5.91 Å².